The summed E-state index contributed by atoms with van der Waals surface area (Å²) in [6.45, 7) is 0. The van der Waals surface area contributed by atoms with Crippen molar-refractivity contribution in [1.29, 1.82) is 0 Å². The maximum Gasteiger partial charge on any atom is 0.144 e. The molecule has 1 aliphatic rings. The van der Waals surface area contributed by atoms with Crippen LogP contribution in [-0.2, 0) is 5.41 Å². The van der Waals surface area contributed by atoms with Gasteiger partial charge in [0.15, 0.2) is 0 Å². The number of rotatable bonds is 6. The molecule has 65 heavy (non-hydrogen) atoms. The third-order valence-electron chi connectivity index (χ3n) is 13.8. The fraction of sp³-hybridized carbons (Fsp3) is 0.0164. The molecule has 4 heteroatoms. The first kappa shape index (κ1) is 36.3. The van der Waals surface area contributed by atoms with E-state index in [4.69, 9.17) is 8.83 Å². The number of furan rings is 2. The van der Waals surface area contributed by atoms with Crippen molar-refractivity contribution in [2.45, 2.75) is 5.41 Å². The van der Waals surface area contributed by atoms with Gasteiger partial charge in [0, 0.05) is 64.8 Å². The van der Waals surface area contributed by atoms with Crippen LogP contribution < -0.4 is 4.90 Å². The van der Waals surface area contributed by atoms with Crippen molar-refractivity contribution in [1.82, 2.24) is 0 Å². The molecule has 3 nitrogen and oxygen atoms in total. The Bertz CT molecular complexity index is 3970. The Morgan fingerprint density at radius 2 is 0.923 bits per heavy atom. The standard InChI is InChI=1S/C61H37NO2S/c1-3-14-39(15-4-1)61(40-16-5-2-6-17-40)51-22-10-7-18-45(51)46-32-30-42(36-52(46)61)62(43-31-33-49-47-19-8-11-23-53(47)63-55(49)37-43)41-28-26-38(27-29-41)44-21-13-25-56-58(44)59-57(65-56)35-34-50-48-20-9-12-24-54(48)64-60(50)59/h1-37H. The minimum absolute atomic E-state index is 0.532. The number of hydrogen-bond donors (Lipinski definition) is 0. The fourth-order valence-electron chi connectivity index (χ4n) is 11.0. The number of benzene rings is 10. The van der Waals surface area contributed by atoms with Crippen molar-refractivity contribution in [2.24, 2.45) is 0 Å². The summed E-state index contributed by atoms with van der Waals surface area (Å²) in [5.41, 5.74) is 16.1. The van der Waals surface area contributed by atoms with Gasteiger partial charge in [-0.05, 0) is 111 Å². The highest BCUT2D eigenvalue weighted by Gasteiger charge is 2.46. The van der Waals surface area contributed by atoms with E-state index in [-0.39, 0.29) is 0 Å². The molecular weight excluding hydrogens is 811 g/mol. The SMILES string of the molecule is c1ccc(C2(c3ccccc3)c3ccccc3-c3ccc(N(c4ccc(-c5cccc6sc7ccc8c9ccccc9oc8c7c56)cc4)c4ccc5c(c4)oc4ccccc45)cc32)cc1. The Morgan fingerprint density at radius 1 is 0.354 bits per heavy atom. The van der Waals surface area contributed by atoms with E-state index >= 15 is 0 Å². The normalized spacial score (nSPS) is 13.0. The molecule has 3 heterocycles. The molecule has 0 fully saturated rings. The summed E-state index contributed by atoms with van der Waals surface area (Å²) in [6, 6.07) is 81.6. The predicted octanol–water partition coefficient (Wildman–Crippen LogP) is 17.4. The third-order valence-corrected chi connectivity index (χ3v) is 14.9. The molecule has 0 radical (unpaired) electrons. The van der Waals surface area contributed by atoms with Crippen LogP contribution in [0.5, 0.6) is 0 Å². The highest BCUT2D eigenvalue weighted by Crippen LogP contribution is 2.57. The van der Waals surface area contributed by atoms with Crippen LogP contribution in [0.4, 0.5) is 17.1 Å². The molecule has 3 aromatic heterocycles. The van der Waals surface area contributed by atoms with Crippen LogP contribution in [0.25, 0.3) is 86.3 Å². The molecule has 0 saturated heterocycles. The lowest BCUT2D eigenvalue weighted by Crippen LogP contribution is -2.28. The Balaban J connectivity index is 0.980. The van der Waals surface area contributed by atoms with Gasteiger partial charge in [0.05, 0.1) is 5.41 Å². The predicted molar refractivity (Wildman–Crippen MR) is 271 cm³/mol. The second kappa shape index (κ2) is 13.9. The average molecular weight is 848 g/mol. The van der Waals surface area contributed by atoms with Crippen molar-refractivity contribution < 1.29 is 8.83 Å². The van der Waals surface area contributed by atoms with Crippen LogP contribution in [0, 0.1) is 0 Å². The van der Waals surface area contributed by atoms with E-state index in [0.717, 1.165) is 66.5 Å². The molecule has 0 amide bonds. The molecule has 1 aliphatic carbocycles. The van der Waals surface area contributed by atoms with E-state index in [0.29, 0.717) is 0 Å². The van der Waals surface area contributed by atoms with Crippen molar-refractivity contribution in [3.63, 3.8) is 0 Å². The largest absolute Gasteiger partial charge is 0.456 e. The van der Waals surface area contributed by atoms with Gasteiger partial charge in [0.25, 0.3) is 0 Å². The van der Waals surface area contributed by atoms with E-state index < -0.39 is 5.41 Å². The van der Waals surface area contributed by atoms with Gasteiger partial charge in [0.2, 0.25) is 0 Å². The second-order valence-corrected chi connectivity index (χ2v) is 18.2. The number of thiophene rings is 1. The van der Waals surface area contributed by atoms with Crippen LogP contribution in [0.2, 0.25) is 0 Å². The van der Waals surface area contributed by atoms with E-state index in [2.05, 4.69) is 211 Å². The first-order valence-corrected chi connectivity index (χ1v) is 23.0. The van der Waals surface area contributed by atoms with Gasteiger partial charge in [-0.25, -0.2) is 0 Å². The van der Waals surface area contributed by atoms with Gasteiger partial charge in [-0.15, -0.1) is 11.3 Å². The van der Waals surface area contributed by atoms with Gasteiger partial charge >= 0.3 is 0 Å². The van der Waals surface area contributed by atoms with Crippen LogP contribution in [-0.4, -0.2) is 0 Å². The van der Waals surface area contributed by atoms with Crippen LogP contribution in [0.15, 0.2) is 233 Å². The topological polar surface area (TPSA) is 29.5 Å². The molecule has 0 atom stereocenters. The van der Waals surface area contributed by atoms with Crippen LogP contribution >= 0.6 is 11.3 Å². The highest BCUT2D eigenvalue weighted by molar-refractivity contribution is 7.26. The number of hydrogen-bond acceptors (Lipinski definition) is 4. The zero-order valence-corrected chi connectivity index (χ0v) is 35.9. The van der Waals surface area contributed by atoms with E-state index in [1.54, 1.807) is 0 Å². The van der Waals surface area contributed by atoms with Crippen LogP contribution in [0.1, 0.15) is 22.3 Å². The van der Waals surface area contributed by atoms with Gasteiger partial charge < -0.3 is 13.7 Å². The summed E-state index contributed by atoms with van der Waals surface area (Å²) in [5.74, 6) is 0. The summed E-state index contributed by atoms with van der Waals surface area (Å²) < 4.78 is 15.6. The molecule has 13 aromatic rings. The van der Waals surface area contributed by atoms with E-state index in [1.165, 1.54) is 59.1 Å². The van der Waals surface area contributed by atoms with E-state index in [1.807, 2.05) is 29.5 Å². The van der Waals surface area contributed by atoms with Gasteiger partial charge in [-0.3, -0.25) is 0 Å². The summed E-state index contributed by atoms with van der Waals surface area (Å²) in [5, 5.41) is 6.92. The number of anilines is 3. The molecule has 0 bridgehead atoms. The first-order valence-electron chi connectivity index (χ1n) is 22.2. The molecule has 14 rings (SSSR count). The Kier molecular flexibility index (Phi) is 7.77. The Hall–Kier alpha value is -8.18. The smallest absolute Gasteiger partial charge is 0.144 e. The molecule has 0 aliphatic heterocycles. The van der Waals surface area contributed by atoms with Crippen LogP contribution in [0.3, 0.4) is 0 Å². The van der Waals surface area contributed by atoms with Crippen molar-refractivity contribution in [3.8, 4) is 22.3 Å². The zero-order valence-electron chi connectivity index (χ0n) is 35.0. The lowest BCUT2D eigenvalue weighted by molar-refractivity contribution is 0.669. The molecule has 304 valence electrons. The van der Waals surface area contributed by atoms with Gasteiger partial charge in [-0.2, -0.15) is 0 Å². The van der Waals surface area contributed by atoms with Crippen molar-refractivity contribution in [2.75, 3.05) is 4.90 Å². The summed E-state index contributed by atoms with van der Waals surface area (Å²) in [7, 11) is 0. The minimum Gasteiger partial charge on any atom is -0.456 e. The quantitative estimate of drug-likeness (QED) is 0.167. The monoisotopic (exact) mass is 847 g/mol. The Labute approximate surface area is 378 Å². The molecule has 0 spiro atoms. The minimum atomic E-state index is -0.532. The summed E-state index contributed by atoms with van der Waals surface area (Å²) in [6.07, 6.45) is 0. The highest BCUT2D eigenvalue weighted by atomic mass is 32.1. The number of para-hydroxylation sites is 2. The van der Waals surface area contributed by atoms with Crippen molar-refractivity contribution in [3.05, 3.63) is 247 Å². The lowest BCUT2D eigenvalue weighted by atomic mass is 9.67. The van der Waals surface area contributed by atoms with E-state index in [9.17, 15) is 0 Å². The molecule has 0 unspecified atom stereocenters. The number of nitrogens with zero attached hydrogens (tertiary/aromatic N) is 1. The lowest BCUT2D eigenvalue weighted by Gasteiger charge is -2.35. The summed E-state index contributed by atoms with van der Waals surface area (Å²) in [4.78, 5) is 2.39. The van der Waals surface area contributed by atoms with Crippen molar-refractivity contribution >= 4 is 92.4 Å². The zero-order chi connectivity index (χ0) is 42.6. The fourth-order valence-corrected chi connectivity index (χ4v) is 12.1. The maximum atomic E-state index is 6.64. The molecule has 10 aromatic carbocycles. The first-order chi connectivity index (χ1) is 32.2. The molecular formula is C61H37NO2S. The molecule has 0 N–H and O–H groups in total. The third kappa shape index (κ3) is 5.23. The molecule has 0 saturated carbocycles. The maximum absolute atomic E-state index is 6.64. The summed E-state index contributed by atoms with van der Waals surface area (Å²) >= 11 is 1.82. The number of fused-ring (bicyclic) bond motifs is 13. The Morgan fingerprint density at radius 3 is 1.71 bits per heavy atom. The van der Waals surface area contributed by atoms with Gasteiger partial charge in [0.1, 0.15) is 22.3 Å². The van der Waals surface area contributed by atoms with Gasteiger partial charge in [-0.1, -0.05) is 152 Å². The second-order valence-electron chi connectivity index (χ2n) is 17.1. The average Bonchev–Trinajstić information content (AvgIpc) is 4.13.